The highest BCUT2D eigenvalue weighted by Crippen LogP contribution is 2.18. The number of hydrogen-bond acceptors (Lipinski definition) is 5. The third-order valence-corrected chi connectivity index (χ3v) is 6.90. The van der Waals surface area contributed by atoms with Crippen molar-refractivity contribution in [1.82, 2.24) is 29.2 Å². The summed E-state index contributed by atoms with van der Waals surface area (Å²) in [5, 5.41) is 17.7. The summed E-state index contributed by atoms with van der Waals surface area (Å²) in [7, 11) is 2.07. The van der Waals surface area contributed by atoms with Crippen LogP contribution in [0.25, 0.3) is 11.0 Å². The average molecular weight is 540 g/mol. The van der Waals surface area contributed by atoms with Crippen LogP contribution in [-0.2, 0) is 33.1 Å². The average Bonchev–Trinajstić information content (AvgIpc) is 3.47. The van der Waals surface area contributed by atoms with E-state index in [-0.39, 0.29) is 0 Å². The van der Waals surface area contributed by atoms with Gasteiger partial charge in [0, 0.05) is 18.1 Å². The van der Waals surface area contributed by atoms with Crippen LogP contribution >= 0.6 is 15.9 Å². The summed E-state index contributed by atoms with van der Waals surface area (Å²) in [6, 6.07) is 26.5. The first-order valence-corrected chi connectivity index (χ1v) is 12.6. The molecule has 5 rings (SSSR count). The molecule has 0 aliphatic heterocycles. The standard InChI is InChI=1S/C28H26BrN7/c1-34-26-5-3-2-4-25(26)32-27(34)18-35(15-14-21-10-12-24(29)13-11-21)19-28-33-31-20-36(28)17-23-8-6-22(16-30)7-9-23/h2-13,20H,14-15,17-19H2,1H3. The molecule has 0 spiro atoms. The molecule has 3 aromatic carbocycles. The molecule has 180 valence electrons. The largest absolute Gasteiger partial charge is 0.330 e. The number of imidazole rings is 1. The highest BCUT2D eigenvalue weighted by molar-refractivity contribution is 9.10. The fraction of sp³-hybridized carbons (Fsp3) is 0.214. The van der Waals surface area contributed by atoms with Crippen molar-refractivity contribution in [3.8, 4) is 6.07 Å². The summed E-state index contributed by atoms with van der Waals surface area (Å²) in [5.41, 5.74) is 5.18. The van der Waals surface area contributed by atoms with Gasteiger partial charge in [0.05, 0.1) is 42.3 Å². The Morgan fingerprint density at radius 1 is 0.917 bits per heavy atom. The molecule has 0 saturated heterocycles. The van der Waals surface area contributed by atoms with E-state index in [9.17, 15) is 0 Å². The second-order valence-electron chi connectivity index (χ2n) is 8.85. The number of nitrogens with zero attached hydrogens (tertiary/aromatic N) is 7. The Kier molecular flexibility index (Phi) is 7.21. The van der Waals surface area contributed by atoms with E-state index >= 15 is 0 Å². The number of para-hydroxylation sites is 2. The molecular weight excluding hydrogens is 514 g/mol. The molecule has 2 heterocycles. The lowest BCUT2D eigenvalue weighted by Crippen LogP contribution is -2.28. The molecule has 0 atom stereocenters. The van der Waals surface area contributed by atoms with Crippen LogP contribution in [0.15, 0.2) is 83.6 Å². The van der Waals surface area contributed by atoms with Crippen LogP contribution in [-0.4, -0.2) is 35.8 Å². The molecule has 0 fully saturated rings. The zero-order chi connectivity index (χ0) is 24.9. The Morgan fingerprint density at radius 2 is 1.64 bits per heavy atom. The zero-order valence-electron chi connectivity index (χ0n) is 20.0. The smallest absolute Gasteiger partial charge is 0.147 e. The van der Waals surface area contributed by atoms with E-state index in [2.05, 4.69) is 89.7 Å². The number of halogens is 1. The number of aromatic nitrogens is 5. The van der Waals surface area contributed by atoms with Gasteiger partial charge in [-0.15, -0.1) is 10.2 Å². The number of fused-ring (bicyclic) bond motifs is 1. The van der Waals surface area contributed by atoms with Gasteiger partial charge in [-0.25, -0.2) is 4.98 Å². The predicted octanol–water partition coefficient (Wildman–Crippen LogP) is 5.09. The molecule has 0 amide bonds. The highest BCUT2D eigenvalue weighted by Gasteiger charge is 2.16. The monoisotopic (exact) mass is 539 g/mol. The van der Waals surface area contributed by atoms with Gasteiger partial charge in [0.1, 0.15) is 18.0 Å². The summed E-state index contributed by atoms with van der Waals surface area (Å²) in [5.74, 6) is 1.92. The van der Waals surface area contributed by atoms with Crippen LogP contribution in [0.2, 0.25) is 0 Å². The van der Waals surface area contributed by atoms with Crippen molar-refractivity contribution in [3.63, 3.8) is 0 Å². The molecule has 5 aromatic rings. The molecule has 8 heteroatoms. The third-order valence-electron chi connectivity index (χ3n) is 6.37. The minimum atomic E-state index is 0.649. The van der Waals surface area contributed by atoms with Crippen LogP contribution < -0.4 is 0 Å². The first kappa shape index (κ1) is 23.9. The summed E-state index contributed by atoms with van der Waals surface area (Å²) in [6.45, 7) is 2.86. The summed E-state index contributed by atoms with van der Waals surface area (Å²) in [4.78, 5) is 7.28. The van der Waals surface area contributed by atoms with E-state index in [1.54, 1.807) is 6.33 Å². The van der Waals surface area contributed by atoms with Gasteiger partial charge < -0.3 is 9.13 Å². The molecule has 0 radical (unpaired) electrons. The lowest BCUT2D eigenvalue weighted by Gasteiger charge is -2.22. The summed E-state index contributed by atoms with van der Waals surface area (Å²) in [6.07, 6.45) is 2.69. The molecule has 36 heavy (non-hydrogen) atoms. The maximum absolute atomic E-state index is 9.07. The van der Waals surface area contributed by atoms with Crippen LogP contribution in [0.3, 0.4) is 0 Å². The fourth-order valence-electron chi connectivity index (χ4n) is 4.30. The van der Waals surface area contributed by atoms with E-state index in [4.69, 9.17) is 10.2 Å². The molecule has 0 N–H and O–H groups in total. The maximum Gasteiger partial charge on any atom is 0.147 e. The van der Waals surface area contributed by atoms with Crippen molar-refractivity contribution >= 4 is 27.0 Å². The Bertz CT molecular complexity index is 1490. The number of rotatable bonds is 9. The Labute approximate surface area is 218 Å². The second-order valence-corrected chi connectivity index (χ2v) is 9.76. The highest BCUT2D eigenvalue weighted by atomic mass is 79.9. The Hall–Kier alpha value is -3.80. The SMILES string of the molecule is Cn1c(CN(CCc2ccc(Br)cc2)Cc2nncn2Cc2ccc(C#N)cc2)nc2ccccc21. The lowest BCUT2D eigenvalue weighted by atomic mass is 10.1. The number of benzene rings is 3. The van der Waals surface area contributed by atoms with Gasteiger partial charge >= 0.3 is 0 Å². The van der Waals surface area contributed by atoms with E-state index in [1.165, 1.54) is 5.56 Å². The lowest BCUT2D eigenvalue weighted by molar-refractivity contribution is 0.242. The number of nitriles is 1. The minimum absolute atomic E-state index is 0.649. The van der Waals surface area contributed by atoms with E-state index < -0.39 is 0 Å². The second kappa shape index (κ2) is 10.9. The van der Waals surface area contributed by atoms with Gasteiger partial charge in [0.2, 0.25) is 0 Å². The van der Waals surface area contributed by atoms with Crippen LogP contribution in [0, 0.1) is 11.3 Å². The van der Waals surface area contributed by atoms with Crippen molar-refractivity contribution in [2.45, 2.75) is 26.1 Å². The van der Waals surface area contributed by atoms with Gasteiger partial charge in [-0.1, -0.05) is 52.3 Å². The van der Waals surface area contributed by atoms with Crippen molar-refractivity contribution in [2.24, 2.45) is 7.05 Å². The van der Waals surface area contributed by atoms with E-state index in [0.29, 0.717) is 25.2 Å². The quantitative estimate of drug-likeness (QED) is 0.260. The predicted molar refractivity (Wildman–Crippen MR) is 143 cm³/mol. The molecule has 0 aliphatic rings. The molecule has 0 aliphatic carbocycles. The molecular formula is C28H26BrN7. The minimum Gasteiger partial charge on any atom is -0.330 e. The van der Waals surface area contributed by atoms with Gasteiger partial charge in [-0.2, -0.15) is 5.26 Å². The first-order chi connectivity index (χ1) is 17.6. The zero-order valence-corrected chi connectivity index (χ0v) is 21.6. The summed E-state index contributed by atoms with van der Waals surface area (Å²) >= 11 is 3.52. The van der Waals surface area contributed by atoms with Crippen molar-refractivity contribution in [1.29, 1.82) is 5.26 Å². The number of aryl methyl sites for hydroxylation is 1. The molecule has 7 nitrogen and oxygen atoms in total. The van der Waals surface area contributed by atoms with Gasteiger partial charge in [0.25, 0.3) is 0 Å². The topological polar surface area (TPSA) is 75.6 Å². The van der Waals surface area contributed by atoms with Crippen molar-refractivity contribution in [2.75, 3.05) is 6.54 Å². The Morgan fingerprint density at radius 3 is 2.39 bits per heavy atom. The van der Waals surface area contributed by atoms with Crippen LogP contribution in [0.1, 0.15) is 28.3 Å². The van der Waals surface area contributed by atoms with Gasteiger partial charge in [-0.05, 0) is 53.9 Å². The molecule has 0 bridgehead atoms. The van der Waals surface area contributed by atoms with Gasteiger partial charge in [0.15, 0.2) is 0 Å². The van der Waals surface area contributed by atoms with E-state index in [1.807, 2.05) is 36.4 Å². The molecule has 2 aromatic heterocycles. The normalized spacial score (nSPS) is 11.3. The van der Waals surface area contributed by atoms with Crippen molar-refractivity contribution in [3.05, 3.63) is 112 Å². The molecule has 0 saturated carbocycles. The van der Waals surface area contributed by atoms with Crippen molar-refractivity contribution < 1.29 is 0 Å². The Balaban J connectivity index is 1.37. The molecule has 0 unspecified atom stereocenters. The van der Waals surface area contributed by atoms with Gasteiger partial charge in [-0.3, -0.25) is 4.90 Å². The van der Waals surface area contributed by atoms with E-state index in [0.717, 1.165) is 45.7 Å². The fourth-order valence-corrected chi connectivity index (χ4v) is 4.57. The van der Waals surface area contributed by atoms with Crippen LogP contribution in [0.4, 0.5) is 0 Å². The first-order valence-electron chi connectivity index (χ1n) is 11.8. The third kappa shape index (κ3) is 5.54. The van der Waals surface area contributed by atoms with Crippen LogP contribution in [0.5, 0.6) is 0 Å². The summed E-state index contributed by atoms with van der Waals surface area (Å²) < 4.78 is 5.32. The number of hydrogen-bond donors (Lipinski definition) is 0. The maximum atomic E-state index is 9.07.